The van der Waals surface area contributed by atoms with Gasteiger partial charge in [-0.2, -0.15) is 9.49 Å². The second-order valence-corrected chi connectivity index (χ2v) is 7.01. The average Bonchev–Trinajstić information content (AvgIpc) is 2.86. The van der Waals surface area contributed by atoms with Crippen molar-refractivity contribution in [2.75, 3.05) is 0 Å². The van der Waals surface area contributed by atoms with Gasteiger partial charge in [0.2, 0.25) is 5.95 Å². The first-order valence-electron chi connectivity index (χ1n) is 7.92. The molecule has 1 N–H and O–H groups in total. The van der Waals surface area contributed by atoms with Gasteiger partial charge in [-0.15, -0.1) is 0 Å². The highest BCUT2D eigenvalue weighted by molar-refractivity contribution is 6.35. The van der Waals surface area contributed by atoms with Gasteiger partial charge < -0.3 is 0 Å². The summed E-state index contributed by atoms with van der Waals surface area (Å²) in [4.78, 5) is 0. The zero-order chi connectivity index (χ0) is 16.7. The smallest absolute Gasteiger partial charge is 0.216 e. The van der Waals surface area contributed by atoms with Crippen molar-refractivity contribution >= 4 is 45.8 Å². The second kappa shape index (κ2) is 6.23. The molecule has 1 aliphatic rings. The summed E-state index contributed by atoms with van der Waals surface area (Å²) in [5.41, 5.74) is 3.75. The Hall–Kier alpha value is -1.84. The Bertz CT molecular complexity index is 942. The third-order valence-electron chi connectivity index (χ3n) is 4.64. The van der Waals surface area contributed by atoms with Crippen molar-refractivity contribution in [2.24, 2.45) is 5.92 Å². The fourth-order valence-electron chi connectivity index (χ4n) is 3.12. The number of nitrogens with one attached hydrogen (secondary N) is 1. The molecular weight excluding hydrogens is 346 g/mol. The second-order valence-electron chi connectivity index (χ2n) is 6.17. The van der Waals surface area contributed by atoms with Gasteiger partial charge in [0.1, 0.15) is 0 Å². The van der Waals surface area contributed by atoms with Crippen molar-refractivity contribution in [3.8, 4) is 0 Å². The number of halogens is 3. The molecule has 5 heteroatoms. The first-order valence-corrected chi connectivity index (χ1v) is 8.68. The van der Waals surface area contributed by atoms with Crippen LogP contribution in [0.1, 0.15) is 30.4 Å². The lowest BCUT2D eigenvalue weighted by molar-refractivity contribution is 0.401. The molecule has 3 aromatic rings. The summed E-state index contributed by atoms with van der Waals surface area (Å²) in [5.74, 6) is 0.0727. The Morgan fingerprint density at radius 3 is 2.71 bits per heavy atom. The van der Waals surface area contributed by atoms with Gasteiger partial charge in [-0.25, -0.2) is 0 Å². The van der Waals surface area contributed by atoms with Gasteiger partial charge in [0.05, 0.1) is 10.9 Å². The average molecular weight is 361 g/mol. The third kappa shape index (κ3) is 2.83. The summed E-state index contributed by atoms with van der Waals surface area (Å²) >= 11 is 12.4. The summed E-state index contributed by atoms with van der Waals surface area (Å²) in [6, 6.07) is 11.2. The molecule has 0 spiro atoms. The predicted octanol–water partition coefficient (Wildman–Crippen LogP) is 6.35. The van der Waals surface area contributed by atoms with Crippen LogP contribution in [0.3, 0.4) is 0 Å². The van der Waals surface area contributed by atoms with Crippen molar-refractivity contribution in [1.82, 2.24) is 10.2 Å². The van der Waals surface area contributed by atoms with Crippen LogP contribution in [-0.4, -0.2) is 10.2 Å². The minimum absolute atomic E-state index is 0.407. The van der Waals surface area contributed by atoms with Crippen LogP contribution in [0.15, 0.2) is 36.4 Å². The quantitative estimate of drug-likeness (QED) is 0.541. The molecule has 2 aromatic carbocycles. The van der Waals surface area contributed by atoms with Gasteiger partial charge in [0.15, 0.2) is 0 Å². The van der Waals surface area contributed by atoms with E-state index in [1.165, 1.54) is 12.0 Å². The zero-order valence-electron chi connectivity index (χ0n) is 12.8. The largest absolute Gasteiger partial charge is 0.252 e. The molecule has 0 saturated heterocycles. The molecule has 1 fully saturated rings. The fraction of sp³-hybridized carbons (Fsp3) is 0.211. The molecule has 4 rings (SSSR count). The van der Waals surface area contributed by atoms with E-state index in [9.17, 15) is 4.39 Å². The van der Waals surface area contributed by atoms with E-state index in [0.29, 0.717) is 26.9 Å². The maximum atomic E-state index is 13.8. The topological polar surface area (TPSA) is 28.7 Å². The Morgan fingerprint density at radius 2 is 2.00 bits per heavy atom. The first kappa shape index (κ1) is 15.7. The summed E-state index contributed by atoms with van der Waals surface area (Å²) in [7, 11) is 0. The molecule has 122 valence electrons. The minimum Gasteiger partial charge on any atom is -0.252 e. The van der Waals surface area contributed by atoms with Crippen molar-refractivity contribution in [1.29, 1.82) is 0 Å². The molecule has 1 aliphatic carbocycles. The van der Waals surface area contributed by atoms with Crippen LogP contribution in [0.25, 0.3) is 22.6 Å². The fourth-order valence-corrected chi connectivity index (χ4v) is 3.64. The molecule has 24 heavy (non-hydrogen) atoms. The van der Waals surface area contributed by atoms with Gasteiger partial charge in [0, 0.05) is 10.0 Å². The van der Waals surface area contributed by atoms with E-state index in [-0.39, 0.29) is 0 Å². The van der Waals surface area contributed by atoms with Gasteiger partial charge in [-0.05, 0) is 59.7 Å². The molecule has 0 atom stereocenters. The molecule has 0 unspecified atom stereocenters. The number of nitrogens with zero attached hydrogens (tertiary/aromatic N) is 1. The predicted molar refractivity (Wildman–Crippen MR) is 97.7 cm³/mol. The highest BCUT2D eigenvalue weighted by atomic mass is 35.5. The van der Waals surface area contributed by atoms with Crippen LogP contribution in [0.2, 0.25) is 10.0 Å². The number of fused-ring (bicyclic) bond motifs is 1. The highest BCUT2D eigenvalue weighted by Crippen LogP contribution is 2.42. The minimum atomic E-state index is -0.407. The molecule has 2 nitrogen and oxygen atoms in total. The third-order valence-corrected chi connectivity index (χ3v) is 5.19. The van der Waals surface area contributed by atoms with Crippen LogP contribution in [0, 0.1) is 11.9 Å². The summed E-state index contributed by atoms with van der Waals surface area (Å²) < 4.78 is 13.8. The lowest BCUT2D eigenvalue weighted by atomic mass is 9.76. The van der Waals surface area contributed by atoms with Crippen molar-refractivity contribution in [3.05, 3.63) is 63.5 Å². The van der Waals surface area contributed by atoms with Gasteiger partial charge in [0.25, 0.3) is 0 Å². The SMILES string of the molecule is Fc1[nH]nc2ccc(/C=C(\c3ccc(Cl)cc3Cl)C3CCC3)cc12. The summed E-state index contributed by atoms with van der Waals surface area (Å²) in [6.45, 7) is 0. The summed E-state index contributed by atoms with van der Waals surface area (Å²) in [6.07, 6.45) is 5.62. The van der Waals surface area contributed by atoms with Crippen molar-refractivity contribution < 1.29 is 4.39 Å². The summed E-state index contributed by atoms with van der Waals surface area (Å²) in [5, 5.41) is 8.07. The van der Waals surface area contributed by atoms with E-state index in [1.807, 2.05) is 30.3 Å². The van der Waals surface area contributed by atoms with E-state index in [2.05, 4.69) is 16.3 Å². The van der Waals surface area contributed by atoms with E-state index >= 15 is 0 Å². The number of aromatic nitrogens is 2. The Labute approximate surface area is 149 Å². The van der Waals surface area contributed by atoms with Crippen LogP contribution in [0.4, 0.5) is 4.39 Å². The van der Waals surface area contributed by atoms with Crippen molar-refractivity contribution in [3.63, 3.8) is 0 Å². The maximum Gasteiger partial charge on any atom is 0.216 e. The number of aromatic amines is 1. The first-order chi connectivity index (χ1) is 11.6. The number of hydrogen-bond acceptors (Lipinski definition) is 1. The Kier molecular flexibility index (Phi) is 4.07. The van der Waals surface area contributed by atoms with Gasteiger partial charge in [-0.3, -0.25) is 5.10 Å². The van der Waals surface area contributed by atoms with Gasteiger partial charge in [-0.1, -0.05) is 47.8 Å². The zero-order valence-corrected chi connectivity index (χ0v) is 14.3. The van der Waals surface area contributed by atoms with E-state index in [1.54, 1.807) is 6.07 Å². The highest BCUT2D eigenvalue weighted by Gasteiger charge is 2.24. The van der Waals surface area contributed by atoms with Crippen molar-refractivity contribution in [2.45, 2.75) is 19.3 Å². The maximum absolute atomic E-state index is 13.8. The molecule has 1 aromatic heterocycles. The standard InChI is InChI=1S/C19H15Cl2FN2/c20-13-5-6-14(17(21)10-13)15(12-2-1-3-12)8-11-4-7-18-16(9-11)19(22)24-23-18/h4-10,12H,1-3H2,(H,23,24)/b15-8-. The van der Waals surface area contributed by atoms with E-state index < -0.39 is 5.95 Å². The van der Waals surface area contributed by atoms with Gasteiger partial charge >= 0.3 is 0 Å². The molecule has 0 aliphatic heterocycles. The van der Waals surface area contributed by atoms with Crippen LogP contribution in [0.5, 0.6) is 0 Å². The molecular formula is C19H15Cl2FN2. The Balaban J connectivity index is 1.82. The monoisotopic (exact) mass is 360 g/mol. The Morgan fingerprint density at radius 1 is 1.17 bits per heavy atom. The molecule has 1 heterocycles. The molecule has 0 radical (unpaired) electrons. The normalized spacial score (nSPS) is 15.7. The van der Waals surface area contributed by atoms with Crippen LogP contribution < -0.4 is 0 Å². The van der Waals surface area contributed by atoms with E-state index in [0.717, 1.165) is 24.0 Å². The molecule has 1 saturated carbocycles. The molecule has 0 amide bonds. The number of allylic oxidation sites excluding steroid dienone is 1. The number of hydrogen-bond donors (Lipinski definition) is 1. The lowest BCUT2D eigenvalue weighted by Gasteiger charge is -2.29. The van der Waals surface area contributed by atoms with Crippen LogP contribution >= 0.6 is 23.2 Å². The molecule has 0 bridgehead atoms. The number of benzene rings is 2. The number of rotatable bonds is 3. The lowest BCUT2D eigenvalue weighted by Crippen LogP contribution is -2.13. The van der Waals surface area contributed by atoms with E-state index in [4.69, 9.17) is 23.2 Å². The number of H-pyrrole nitrogens is 1. The van der Waals surface area contributed by atoms with Crippen LogP contribution in [-0.2, 0) is 0 Å².